The molecule has 5 heteroatoms. The number of aryl methyl sites for hydroxylation is 1. The molecule has 5 nitrogen and oxygen atoms in total. The SMILES string of the molecule is Cc1nn(CCN2CCOCC2)c(C)c1CN. The van der Waals surface area contributed by atoms with Crippen LogP contribution in [0.15, 0.2) is 0 Å². The topological polar surface area (TPSA) is 56.3 Å². The van der Waals surface area contributed by atoms with Crippen LogP contribution < -0.4 is 5.73 Å². The van der Waals surface area contributed by atoms with Crippen LogP contribution in [0.4, 0.5) is 0 Å². The zero-order valence-electron chi connectivity index (χ0n) is 10.8. The van der Waals surface area contributed by atoms with Crippen molar-refractivity contribution in [1.82, 2.24) is 14.7 Å². The fourth-order valence-electron chi connectivity index (χ4n) is 2.31. The molecule has 96 valence electrons. The highest BCUT2D eigenvalue weighted by Gasteiger charge is 2.13. The van der Waals surface area contributed by atoms with E-state index in [1.165, 1.54) is 11.3 Å². The molecule has 1 aromatic rings. The molecule has 2 N–H and O–H groups in total. The van der Waals surface area contributed by atoms with Crippen LogP contribution in [0.3, 0.4) is 0 Å². The molecule has 2 heterocycles. The van der Waals surface area contributed by atoms with Gasteiger partial charge in [0.15, 0.2) is 0 Å². The average Bonchev–Trinajstić information content (AvgIpc) is 2.63. The minimum absolute atomic E-state index is 0.579. The Balaban J connectivity index is 1.94. The fourth-order valence-corrected chi connectivity index (χ4v) is 2.31. The lowest BCUT2D eigenvalue weighted by Crippen LogP contribution is -2.38. The Morgan fingerprint density at radius 2 is 1.94 bits per heavy atom. The van der Waals surface area contributed by atoms with E-state index in [2.05, 4.69) is 21.6 Å². The largest absolute Gasteiger partial charge is 0.379 e. The lowest BCUT2D eigenvalue weighted by molar-refractivity contribution is 0.0359. The van der Waals surface area contributed by atoms with Crippen LogP contribution in [0.5, 0.6) is 0 Å². The third kappa shape index (κ3) is 2.86. The summed E-state index contributed by atoms with van der Waals surface area (Å²) in [4.78, 5) is 2.42. The molecule has 1 aliphatic rings. The molecular weight excluding hydrogens is 216 g/mol. The van der Waals surface area contributed by atoms with Gasteiger partial charge < -0.3 is 10.5 Å². The lowest BCUT2D eigenvalue weighted by Gasteiger charge is -2.26. The summed E-state index contributed by atoms with van der Waals surface area (Å²) in [5, 5.41) is 4.54. The van der Waals surface area contributed by atoms with E-state index >= 15 is 0 Å². The van der Waals surface area contributed by atoms with Gasteiger partial charge in [0.25, 0.3) is 0 Å². The molecular formula is C12H22N4O. The van der Waals surface area contributed by atoms with Gasteiger partial charge in [-0.25, -0.2) is 0 Å². The molecule has 0 spiro atoms. The standard InChI is InChI=1S/C12H22N4O/c1-10-12(9-13)11(2)16(14-10)4-3-15-5-7-17-8-6-15/h3-9,13H2,1-2H3. The molecule has 1 saturated heterocycles. The number of hydrogen-bond acceptors (Lipinski definition) is 4. The molecule has 0 saturated carbocycles. The van der Waals surface area contributed by atoms with Crippen molar-refractivity contribution in [1.29, 1.82) is 0 Å². The second-order valence-electron chi connectivity index (χ2n) is 4.53. The Hall–Kier alpha value is -0.910. The average molecular weight is 238 g/mol. The number of morpholine rings is 1. The van der Waals surface area contributed by atoms with Crippen molar-refractivity contribution in [3.63, 3.8) is 0 Å². The smallest absolute Gasteiger partial charge is 0.0641 e. The Kier molecular flexibility index (Phi) is 4.15. The number of rotatable bonds is 4. The monoisotopic (exact) mass is 238 g/mol. The highest BCUT2D eigenvalue weighted by Crippen LogP contribution is 2.12. The van der Waals surface area contributed by atoms with Crippen LogP contribution in [-0.2, 0) is 17.8 Å². The minimum Gasteiger partial charge on any atom is -0.379 e. The van der Waals surface area contributed by atoms with Gasteiger partial charge in [-0.05, 0) is 13.8 Å². The van der Waals surface area contributed by atoms with Crippen molar-refractivity contribution < 1.29 is 4.74 Å². The molecule has 17 heavy (non-hydrogen) atoms. The van der Waals surface area contributed by atoms with Crippen LogP contribution in [0.1, 0.15) is 17.0 Å². The first-order valence-electron chi connectivity index (χ1n) is 6.25. The predicted octanol–water partition coefficient (Wildman–Crippen LogP) is 0.291. The van der Waals surface area contributed by atoms with Gasteiger partial charge in [0.1, 0.15) is 0 Å². The number of hydrogen-bond donors (Lipinski definition) is 1. The maximum atomic E-state index is 5.72. The molecule has 0 unspecified atom stereocenters. The Labute approximate surface area is 103 Å². The van der Waals surface area contributed by atoms with Crippen molar-refractivity contribution in [3.8, 4) is 0 Å². The summed E-state index contributed by atoms with van der Waals surface area (Å²) in [5.41, 5.74) is 9.18. The highest BCUT2D eigenvalue weighted by molar-refractivity contribution is 5.23. The molecule has 0 bridgehead atoms. The fraction of sp³-hybridized carbons (Fsp3) is 0.750. The molecule has 1 fully saturated rings. The quantitative estimate of drug-likeness (QED) is 0.819. The molecule has 0 amide bonds. The summed E-state index contributed by atoms with van der Waals surface area (Å²) in [6, 6.07) is 0. The molecule has 0 aromatic carbocycles. The van der Waals surface area contributed by atoms with E-state index in [1.54, 1.807) is 0 Å². The normalized spacial score (nSPS) is 17.6. The second kappa shape index (κ2) is 5.62. The lowest BCUT2D eigenvalue weighted by atomic mass is 10.2. The highest BCUT2D eigenvalue weighted by atomic mass is 16.5. The van der Waals surface area contributed by atoms with Crippen LogP contribution in [-0.4, -0.2) is 47.5 Å². The zero-order chi connectivity index (χ0) is 12.3. The van der Waals surface area contributed by atoms with E-state index in [0.29, 0.717) is 6.54 Å². The second-order valence-corrected chi connectivity index (χ2v) is 4.53. The Morgan fingerprint density at radius 3 is 2.53 bits per heavy atom. The summed E-state index contributed by atoms with van der Waals surface area (Å²) in [6.45, 7) is 10.4. The maximum Gasteiger partial charge on any atom is 0.0641 e. The van der Waals surface area contributed by atoms with Crippen LogP contribution in [0.25, 0.3) is 0 Å². The first kappa shape index (κ1) is 12.5. The first-order valence-corrected chi connectivity index (χ1v) is 6.25. The van der Waals surface area contributed by atoms with Crippen molar-refractivity contribution in [2.45, 2.75) is 26.9 Å². The van der Waals surface area contributed by atoms with E-state index in [-0.39, 0.29) is 0 Å². The summed E-state index contributed by atoms with van der Waals surface area (Å²) < 4.78 is 7.41. The molecule has 0 atom stereocenters. The number of aromatic nitrogens is 2. The summed E-state index contributed by atoms with van der Waals surface area (Å²) in [7, 11) is 0. The third-order valence-electron chi connectivity index (χ3n) is 3.47. The van der Waals surface area contributed by atoms with Gasteiger partial charge in [-0.1, -0.05) is 0 Å². The van der Waals surface area contributed by atoms with Gasteiger partial charge >= 0.3 is 0 Å². The maximum absolute atomic E-state index is 5.72. The molecule has 2 rings (SSSR count). The van der Waals surface area contributed by atoms with Gasteiger partial charge in [-0.2, -0.15) is 5.10 Å². The van der Waals surface area contributed by atoms with E-state index in [0.717, 1.165) is 45.1 Å². The van der Waals surface area contributed by atoms with Gasteiger partial charge in [0, 0.05) is 37.4 Å². The van der Waals surface area contributed by atoms with E-state index in [9.17, 15) is 0 Å². The van der Waals surface area contributed by atoms with Crippen LogP contribution in [0.2, 0.25) is 0 Å². The minimum atomic E-state index is 0.579. The molecule has 1 aliphatic heterocycles. The first-order chi connectivity index (χ1) is 8.22. The number of nitrogens with two attached hydrogens (primary N) is 1. The zero-order valence-corrected chi connectivity index (χ0v) is 10.8. The summed E-state index contributed by atoms with van der Waals surface area (Å²) >= 11 is 0. The predicted molar refractivity (Wildman–Crippen MR) is 66.9 cm³/mol. The number of nitrogens with zero attached hydrogens (tertiary/aromatic N) is 3. The van der Waals surface area contributed by atoms with Gasteiger partial charge in [-0.3, -0.25) is 9.58 Å². The van der Waals surface area contributed by atoms with Crippen LogP contribution in [0, 0.1) is 13.8 Å². The van der Waals surface area contributed by atoms with Gasteiger partial charge in [-0.15, -0.1) is 0 Å². The molecule has 0 radical (unpaired) electrons. The third-order valence-corrected chi connectivity index (χ3v) is 3.47. The van der Waals surface area contributed by atoms with E-state index in [4.69, 9.17) is 10.5 Å². The van der Waals surface area contributed by atoms with Crippen molar-refractivity contribution in [2.24, 2.45) is 5.73 Å². The Morgan fingerprint density at radius 1 is 1.24 bits per heavy atom. The summed E-state index contributed by atoms with van der Waals surface area (Å²) in [5.74, 6) is 0. The number of ether oxygens (including phenoxy) is 1. The van der Waals surface area contributed by atoms with Gasteiger partial charge in [0.2, 0.25) is 0 Å². The van der Waals surface area contributed by atoms with Crippen LogP contribution >= 0.6 is 0 Å². The van der Waals surface area contributed by atoms with E-state index in [1.807, 2.05) is 6.92 Å². The molecule has 0 aliphatic carbocycles. The van der Waals surface area contributed by atoms with Crippen molar-refractivity contribution in [2.75, 3.05) is 32.8 Å². The van der Waals surface area contributed by atoms with Crippen molar-refractivity contribution in [3.05, 3.63) is 17.0 Å². The van der Waals surface area contributed by atoms with E-state index < -0.39 is 0 Å². The van der Waals surface area contributed by atoms with Gasteiger partial charge in [0.05, 0.1) is 25.5 Å². The molecule has 1 aromatic heterocycles. The summed E-state index contributed by atoms with van der Waals surface area (Å²) in [6.07, 6.45) is 0. The Bertz CT molecular complexity index is 369. The van der Waals surface area contributed by atoms with Crippen molar-refractivity contribution >= 4 is 0 Å².